The SMILES string of the molecule is CCON=C1CCC(NC(N)=O)c2ccsc21. The predicted molar refractivity (Wildman–Crippen MR) is 67.2 cm³/mol. The maximum atomic E-state index is 10.9. The first-order valence-electron chi connectivity index (χ1n) is 5.55. The highest BCUT2D eigenvalue weighted by Crippen LogP contribution is 2.33. The van der Waals surface area contributed by atoms with Gasteiger partial charge < -0.3 is 15.9 Å². The molecule has 0 saturated heterocycles. The molecule has 6 heteroatoms. The zero-order valence-corrected chi connectivity index (χ0v) is 10.4. The first-order valence-corrected chi connectivity index (χ1v) is 6.43. The Morgan fingerprint density at radius 3 is 3.29 bits per heavy atom. The second-order valence-electron chi connectivity index (χ2n) is 3.76. The molecule has 17 heavy (non-hydrogen) atoms. The van der Waals surface area contributed by atoms with Gasteiger partial charge in [-0.15, -0.1) is 11.3 Å². The highest BCUT2D eigenvalue weighted by atomic mass is 32.1. The number of fused-ring (bicyclic) bond motifs is 1. The van der Waals surface area contributed by atoms with Crippen LogP contribution >= 0.6 is 11.3 Å². The van der Waals surface area contributed by atoms with Crippen molar-refractivity contribution in [1.29, 1.82) is 0 Å². The number of hydrogen-bond acceptors (Lipinski definition) is 4. The van der Waals surface area contributed by atoms with E-state index in [2.05, 4.69) is 10.5 Å². The number of rotatable bonds is 3. The third kappa shape index (κ3) is 2.58. The Morgan fingerprint density at radius 2 is 2.59 bits per heavy atom. The normalized spacial score (nSPS) is 21.0. The summed E-state index contributed by atoms with van der Waals surface area (Å²) in [6.45, 7) is 2.47. The molecule has 1 heterocycles. The van der Waals surface area contributed by atoms with E-state index < -0.39 is 6.03 Å². The lowest BCUT2D eigenvalue weighted by Gasteiger charge is -2.23. The van der Waals surface area contributed by atoms with Crippen molar-refractivity contribution in [3.63, 3.8) is 0 Å². The van der Waals surface area contributed by atoms with E-state index in [-0.39, 0.29) is 6.04 Å². The molecule has 0 aliphatic heterocycles. The van der Waals surface area contributed by atoms with Gasteiger partial charge in [-0.1, -0.05) is 5.16 Å². The molecule has 1 unspecified atom stereocenters. The van der Waals surface area contributed by atoms with Crippen molar-refractivity contribution in [2.45, 2.75) is 25.8 Å². The Labute approximate surface area is 104 Å². The number of hydrogen-bond donors (Lipinski definition) is 2. The fraction of sp³-hybridized carbons (Fsp3) is 0.455. The van der Waals surface area contributed by atoms with Crippen LogP contribution in [0.15, 0.2) is 16.6 Å². The first-order chi connectivity index (χ1) is 8.22. The Hall–Kier alpha value is -1.56. The standard InChI is InChI=1S/C11H15N3O2S/c1-2-16-14-9-4-3-8(13-11(12)15)7-5-6-17-10(7)9/h5-6,8H,2-4H2,1H3,(H3,12,13,15). The molecule has 1 aliphatic carbocycles. The third-order valence-electron chi connectivity index (χ3n) is 2.62. The van der Waals surface area contributed by atoms with Crippen molar-refractivity contribution in [1.82, 2.24) is 5.32 Å². The summed E-state index contributed by atoms with van der Waals surface area (Å²) in [5.74, 6) is 0. The van der Waals surface area contributed by atoms with Gasteiger partial charge in [0, 0.05) is 0 Å². The fourth-order valence-electron chi connectivity index (χ4n) is 1.93. The van der Waals surface area contributed by atoms with E-state index in [1.807, 2.05) is 18.4 Å². The Kier molecular flexibility index (Phi) is 3.63. The molecule has 2 rings (SSSR count). The zero-order valence-electron chi connectivity index (χ0n) is 9.60. The number of nitrogens with zero attached hydrogens (tertiary/aromatic N) is 1. The van der Waals surface area contributed by atoms with Crippen LogP contribution in [0.4, 0.5) is 4.79 Å². The summed E-state index contributed by atoms with van der Waals surface area (Å²) >= 11 is 1.61. The number of thiophene rings is 1. The molecule has 0 bridgehead atoms. The van der Waals surface area contributed by atoms with Gasteiger partial charge in [0.2, 0.25) is 0 Å². The Morgan fingerprint density at radius 1 is 1.76 bits per heavy atom. The van der Waals surface area contributed by atoms with Crippen molar-refractivity contribution >= 4 is 23.1 Å². The van der Waals surface area contributed by atoms with E-state index in [1.54, 1.807) is 11.3 Å². The van der Waals surface area contributed by atoms with Crippen molar-refractivity contribution in [3.05, 3.63) is 21.9 Å². The number of carbonyl (C=O) groups excluding carboxylic acids is 1. The monoisotopic (exact) mass is 253 g/mol. The molecule has 1 aromatic heterocycles. The highest BCUT2D eigenvalue weighted by molar-refractivity contribution is 7.12. The summed E-state index contributed by atoms with van der Waals surface area (Å²) in [7, 11) is 0. The van der Waals surface area contributed by atoms with E-state index in [9.17, 15) is 4.79 Å². The van der Waals surface area contributed by atoms with Crippen LogP contribution in [0.5, 0.6) is 0 Å². The molecule has 0 saturated carbocycles. The lowest BCUT2D eigenvalue weighted by Crippen LogP contribution is -2.35. The van der Waals surface area contributed by atoms with Crippen LogP contribution in [0, 0.1) is 0 Å². The number of carbonyl (C=O) groups is 1. The number of urea groups is 1. The second-order valence-corrected chi connectivity index (χ2v) is 4.68. The maximum Gasteiger partial charge on any atom is 0.312 e. The van der Waals surface area contributed by atoms with E-state index in [1.165, 1.54) is 0 Å². The molecule has 92 valence electrons. The number of primary amides is 1. The molecule has 0 radical (unpaired) electrons. The molecule has 0 aromatic carbocycles. The van der Waals surface area contributed by atoms with Crippen LogP contribution in [0.2, 0.25) is 0 Å². The third-order valence-corrected chi connectivity index (χ3v) is 3.60. The number of amides is 2. The van der Waals surface area contributed by atoms with Crippen LogP contribution in [0.1, 0.15) is 36.2 Å². The van der Waals surface area contributed by atoms with E-state index >= 15 is 0 Å². The highest BCUT2D eigenvalue weighted by Gasteiger charge is 2.26. The van der Waals surface area contributed by atoms with Crippen molar-refractivity contribution < 1.29 is 9.63 Å². The van der Waals surface area contributed by atoms with Gasteiger partial charge in [0.1, 0.15) is 6.61 Å². The lowest BCUT2D eigenvalue weighted by molar-refractivity contribution is 0.158. The minimum Gasteiger partial charge on any atom is -0.396 e. The van der Waals surface area contributed by atoms with Gasteiger partial charge in [0.05, 0.1) is 16.6 Å². The summed E-state index contributed by atoms with van der Waals surface area (Å²) in [5.41, 5.74) is 7.20. The fourth-order valence-corrected chi connectivity index (χ4v) is 2.90. The van der Waals surface area contributed by atoms with Crippen LogP contribution < -0.4 is 11.1 Å². The van der Waals surface area contributed by atoms with E-state index in [0.717, 1.165) is 29.0 Å². The lowest BCUT2D eigenvalue weighted by atomic mass is 9.93. The van der Waals surface area contributed by atoms with Gasteiger partial charge in [-0.3, -0.25) is 0 Å². The minimum absolute atomic E-state index is 0.00525. The van der Waals surface area contributed by atoms with Crippen LogP contribution in [0.3, 0.4) is 0 Å². The summed E-state index contributed by atoms with van der Waals surface area (Å²) in [6.07, 6.45) is 1.59. The van der Waals surface area contributed by atoms with Crippen molar-refractivity contribution in [3.8, 4) is 0 Å². The van der Waals surface area contributed by atoms with E-state index in [4.69, 9.17) is 10.6 Å². The first kappa shape index (κ1) is 11.9. The van der Waals surface area contributed by atoms with Crippen LogP contribution in [-0.4, -0.2) is 18.3 Å². The molecule has 1 aromatic rings. The summed E-state index contributed by atoms with van der Waals surface area (Å²) < 4.78 is 0. The average molecular weight is 253 g/mol. The number of nitrogens with two attached hydrogens (primary N) is 1. The van der Waals surface area contributed by atoms with Gasteiger partial charge in [-0.05, 0) is 36.8 Å². The summed E-state index contributed by atoms with van der Waals surface area (Å²) in [6, 6.07) is 1.51. The summed E-state index contributed by atoms with van der Waals surface area (Å²) in [5, 5.41) is 8.86. The largest absolute Gasteiger partial charge is 0.396 e. The topological polar surface area (TPSA) is 76.7 Å². The second kappa shape index (κ2) is 5.18. The van der Waals surface area contributed by atoms with Gasteiger partial charge in [-0.25, -0.2) is 4.79 Å². The zero-order chi connectivity index (χ0) is 12.3. The Balaban J connectivity index is 2.23. The maximum absolute atomic E-state index is 10.9. The van der Waals surface area contributed by atoms with Gasteiger partial charge in [-0.2, -0.15) is 0 Å². The van der Waals surface area contributed by atoms with Crippen molar-refractivity contribution in [2.75, 3.05) is 6.61 Å². The van der Waals surface area contributed by atoms with Gasteiger partial charge >= 0.3 is 6.03 Å². The molecule has 0 fully saturated rings. The number of oxime groups is 1. The molecule has 3 N–H and O–H groups in total. The molecular weight excluding hydrogens is 238 g/mol. The van der Waals surface area contributed by atoms with Crippen LogP contribution in [-0.2, 0) is 4.84 Å². The summed E-state index contributed by atoms with van der Waals surface area (Å²) in [4.78, 5) is 17.1. The number of nitrogens with one attached hydrogen (secondary N) is 1. The molecule has 1 aliphatic rings. The predicted octanol–water partition coefficient (Wildman–Crippen LogP) is 1.99. The van der Waals surface area contributed by atoms with Gasteiger partial charge in [0.15, 0.2) is 0 Å². The molecule has 5 nitrogen and oxygen atoms in total. The molecule has 0 spiro atoms. The average Bonchev–Trinajstić information content (AvgIpc) is 2.77. The quantitative estimate of drug-likeness (QED) is 0.808. The Bertz CT molecular complexity index is 442. The molecular formula is C11H15N3O2S. The smallest absolute Gasteiger partial charge is 0.312 e. The van der Waals surface area contributed by atoms with Gasteiger partial charge in [0.25, 0.3) is 0 Å². The molecule has 1 atom stereocenters. The molecule has 2 amide bonds. The van der Waals surface area contributed by atoms with E-state index in [0.29, 0.717) is 6.61 Å². The van der Waals surface area contributed by atoms with Crippen LogP contribution in [0.25, 0.3) is 0 Å². The minimum atomic E-state index is -0.489. The van der Waals surface area contributed by atoms with Crippen molar-refractivity contribution in [2.24, 2.45) is 10.9 Å².